The van der Waals surface area contributed by atoms with Gasteiger partial charge >= 0.3 is 0 Å². The van der Waals surface area contributed by atoms with E-state index in [1.54, 1.807) is 0 Å². The van der Waals surface area contributed by atoms with E-state index in [4.69, 9.17) is 0 Å². The van der Waals surface area contributed by atoms with Gasteiger partial charge in [-0.2, -0.15) is 0 Å². The summed E-state index contributed by atoms with van der Waals surface area (Å²) >= 11 is 0. The van der Waals surface area contributed by atoms with Crippen molar-refractivity contribution in [2.24, 2.45) is 0 Å². The predicted molar refractivity (Wildman–Crippen MR) is 50.3 cm³/mol. The molecule has 3 nitrogen and oxygen atoms in total. The molecule has 1 N–H and O–H groups in total. The molecular weight excluding hydrogens is 150 g/mol. The third-order valence-electron chi connectivity index (χ3n) is 3.16. The summed E-state index contributed by atoms with van der Waals surface area (Å²) in [5, 5.41) is 3.60. The first kappa shape index (κ1) is 8.48. The van der Waals surface area contributed by atoms with Crippen LogP contribution in [0.15, 0.2) is 0 Å². The number of piperazine rings is 1. The van der Waals surface area contributed by atoms with E-state index in [0.29, 0.717) is 6.04 Å². The molecule has 3 atom stereocenters. The van der Waals surface area contributed by atoms with Crippen LogP contribution in [0.2, 0.25) is 0 Å². The van der Waals surface area contributed by atoms with Crippen LogP contribution in [0.5, 0.6) is 0 Å². The van der Waals surface area contributed by atoms with E-state index in [9.17, 15) is 0 Å². The quantitative estimate of drug-likeness (QED) is 0.576. The standard InChI is InChI=1S/C9H19N3/c1-11(2)9-3-5-12-6-4-10-8(9)7-12/h8-10H,3-7H2,1-2H3/t8-,9+/m0/s1. The van der Waals surface area contributed by atoms with E-state index in [-0.39, 0.29) is 0 Å². The molecule has 0 aromatic heterocycles. The summed E-state index contributed by atoms with van der Waals surface area (Å²) in [6.07, 6.45) is 1.32. The molecular formula is C9H19N3. The van der Waals surface area contributed by atoms with Crippen LogP contribution in [0.1, 0.15) is 6.42 Å². The molecule has 3 heteroatoms. The van der Waals surface area contributed by atoms with Gasteiger partial charge in [0.25, 0.3) is 0 Å². The summed E-state index contributed by atoms with van der Waals surface area (Å²) in [6, 6.07) is 1.46. The zero-order valence-electron chi connectivity index (χ0n) is 8.08. The number of hydrogen-bond acceptors (Lipinski definition) is 3. The van der Waals surface area contributed by atoms with Crippen LogP contribution >= 0.6 is 0 Å². The van der Waals surface area contributed by atoms with Gasteiger partial charge in [-0.15, -0.1) is 0 Å². The molecule has 2 fully saturated rings. The van der Waals surface area contributed by atoms with Crippen LogP contribution in [-0.4, -0.2) is 62.2 Å². The Bertz CT molecular complexity index is 158. The molecule has 12 heavy (non-hydrogen) atoms. The average molecular weight is 169 g/mol. The highest BCUT2D eigenvalue weighted by atomic mass is 15.3. The van der Waals surface area contributed by atoms with Crippen molar-refractivity contribution in [3.63, 3.8) is 0 Å². The highest BCUT2D eigenvalue weighted by molar-refractivity contribution is 4.93. The lowest BCUT2D eigenvalue weighted by Crippen LogP contribution is -2.63. The first-order valence-electron chi connectivity index (χ1n) is 4.89. The summed E-state index contributed by atoms with van der Waals surface area (Å²) in [5.41, 5.74) is 0. The number of piperidine rings is 1. The zero-order valence-corrected chi connectivity index (χ0v) is 8.08. The minimum absolute atomic E-state index is 0.711. The van der Waals surface area contributed by atoms with Gasteiger partial charge in [0.15, 0.2) is 0 Å². The van der Waals surface area contributed by atoms with Gasteiger partial charge in [0.1, 0.15) is 0 Å². The Kier molecular flexibility index (Phi) is 2.35. The Morgan fingerprint density at radius 2 is 2.17 bits per heavy atom. The molecule has 0 aromatic rings. The Balaban J connectivity index is 1.99. The van der Waals surface area contributed by atoms with Gasteiger partial charge in [0, 0.05) is 31.7 Å². The molecule has 2 aliphatic rings. The SMILES string of the molecule is CN(C)[C@@H]1CCN2CCN[C@H]1C2. The van der Waals surface area contributed by atoms with Crippen LogP contribution in [0.4, 0.5) is 0 Å². The average Bonchev–Trinajstić information content (AvgIpc) is 2.04. The minimum Gasteiger partial charge on any atom is -0.310 e. The highest BCUT2D eigenvalue weighted by Crippen LogP contribution is 2.16. The van der Waals surface area contributed by atoms with Gasteiger partial charge in [-0.25, -0.2) is 0 Å². The maximum absolute atomic E-state index is 3.60. The van der Waals surface area contributed by atoms with Gasteiger partial charge < -0.3 is 15.1 Å². The molecule has 0 aromatic carbocycles. The Hall–Kier alpha value is -0.120. The third kappa shape index (κ3) is 1.49. The zero-order chi connectivity index (χ0) is 8.55. The number of hydrogen-bond donors (Lipinski definition) is 1. The Labute approximate surface area is 74.7 Å². The van der Waals surface area contributed by atoms with Crippen molar-refractivity contribution in [1.29, 1.82) is 0 Å². The molecule has 2 aliphatic heterocycles. The van der Waals surface area contributed by atoms with Crippen molar-refractivity contribution in [2.45, 2.75) is 18.5 Å². The molecule has 70 valence electrons. The molecule has 0 amide bonds. The van der Waals surface area contributed by atoms with Gasteiger partial charge in [0.05, 0.1) is 0 Å². The van der Waals surface area contributed by atoms with Crippen molar-refractivity contribution >= 4 is 0 Å². The molecule has 0 spiro atoms. The Morgan fingerprint density at radius 1 is 1.33 bits per heavy atom. The lowest BCUT2D eigenvalue weighted by atomic mass is 9.96. The summed E-state index contributed by atoms with van der Waals surface area (Å²) in [6.45, 7) is 4.97. The topological polar surface area (TPSA) is 18.5 Å². The van der Waals surface area contributed by atoms with Gasteiger partial charge in [-0.05, 0) is 27.1 Å². The van der Waals surface area contributed by atoms with E-state index in [1.165, 1.54) is 32.6 Å². The van der Waals surface area contributed by atoms with E-state index >= 15 is 0 Å². The molecule has 2 heterocycles. The summed E-state index contributed by atoms with van der Waals surface area (Å²) in [5.74, 6) is 0. The second-order valence-electron chi connectivity index (χ2n) is 4.18. The molecule has 2 saturated heterocycles. The molecule has 2 bridgehead atoms. The lowest BCUT2D eigenvalue weighted by molar-refractivity contribution is 0.0779. The second-order valence-corrected chi connectivity index (χ2v) is 4.18. The molecule has 0 aliphatic carbocycles. The van der Waals surface area contributed by atoms with E-state index in [0.717, 1.165) is 6.04 Å². The van der Waals surface area contributed by atoms with Crippen molar-refractivity contribution in [3.05, 3.63) is 0 Å². The third-order valence-corrected chi connectivity index (χ3v) is 3.16. The van der Waals surface area contributed by atoms with Gasteiger partial charge in [-0.1, -0.05) is 0 Å². The fourth-order valence-electron chi connectivity index (χ4n) is 2.44. The summed E-state index contributed by atoms with van der Waals surface area (Å²) < 4.78 is 0. The van der Waals surface area contributed by atoms with Crippen molar-refractivity contribution in [3.8, 4) is 0 Å². The maximum Gasteiger partial charge on any atom is 0.0352 e. The first-order valence-corrected chi connectivity index (χ1v) is 4.89. The predicted octanol–water partition coefficient (Wildman–Crippen LogP) is -0.406. The fraction of sp³-hybridized carbons (Fsp3) is 1.00. The normalized spacial score (nSPS) is 41.8. The number of likely N-dealkylation sites (N-methyl/N-ethyl adjacent to an activating group) is 1. The molecule has 2 rings (SSSR count). The number of fused-ring (bicyclic) bond motifs is 2. The smallest absolute Gasteiger partial charge is 0.0352 e. The van der Waals surface area contributed by atoms with Crippen LogP contribution in [0.3, 0.4) is 0 Å². The summed E-state index contributed by atoms with van der Waals surface area (Å²) in [7, 11) is 4.38. The van der Waals surface area contributed by atoms with E-state index in [2.05, 4.69) is 29.2 Å². The second kappa shape index (κ2) is 3.32. The molecule has 0 radical (unpaired) electrons. The van der Waals surface area contributed by atoms with Crippen molar-refractivity contribution in [1.82, 2.24) is 15.1 Å². The fourth-order valence-corrected chi connectivity index (χ4v) is 2.44. The van der Waals surface area contributed by atoms with Crippen molar-refractivity contribution in [2.75, 3.05) is 40.3 Å². The van der Waals surface area contributed by atoms with Gasteiger partial charge in [0.2, 0.25) is 0 Å². The van der Waals surface area contributed by atoms with Crippen LogP contribution < -0.4 is 5.32 Å². The monoisotopic (exact) mass is 169 g/mol. The van der Waals surface area contributed by atoms with Crippen LogP contribution in [0.25, 0.3) is 0 Å². The maximum atomic E-state index is 3.60. The highest BCUT2D eigenvalue weighted by Gasteiger charge is 2.32. The number of rotatable bonds is 1. The minimum atomic E-state index is 0.711. The summed E-state index contributed by atoms with van der Waals surface area (Å²) in [4.78, 5) is 4.93. The van der Waals surface area contributed by atoms with Crippen LogP contribution in [0, 0.1) is 0 Å². The number of nitrogens with one attached hydrogen (secondary N) is 1. The lowest BCUT2D eigenvalue weighted by Gasteiger charge is -2.45. The van der Waals surface area contributed by atoms with E-state index in [1.807, 2.05) is 0 Å². The molecule has 0 saturated carbocycles. The Morgan fingerprint density at radius 3 is 2.92 bits per heavy atom. The largest absolute Gasteiger partial charge is 0.310 e. The van der Waals surface area contributed by atoms with Crippen LogP contribution in [-0.2, 0) is 0 Å². The van der Waals surface area contributed by atoms with Crippen molar-refractivity contribution < 1.29 is 0 Å². The number of nitrogens with zero attached hydrogens (tertiary/aromatic N) is 2. The van der Waals surface area contributed by atoms with Gasteiger partial charge in [-0.3, -0.25) is 0 Å². The first-order chi connectivity index (χ1) is 5.77. The van der Waals surface area contributed by atoms with E-state index < -0.39 is 0 Å². The molecule has 1 unspecified atom stereocenters.